The summed E-state index contributed by atoms with van der Waals surface area (Å²) >= 11 is 0. The molecule has 12 nitrogen and oxygen atoms in total. The molecule has 1 aliphatic heterocycles. The van der Waals surface area contributed by atoms with E-state index in [0.29, 0.717) is 32.4 Å². The minimum absolute atomic E-state index is 0.0810. The smallest absolute Gasteiger partial charge is 0.261 e. The molecule has 4 aromatic rings. The van der Waals surface area contributed by atoms with Gasteiger partial charge < -0.3 is 39.4 Å². The highest BCUT2D eigenvalue weighted by Crippen LogP contribution is 2.30. The number of hydrogen-bond donors (Lipinski definition) is 4. The summed E-state index contributed by atoms with van der Waals surface area (Å²) in [6, 6.07) is 38.4. The molecule has 4 N–H and O–H groups in total. The van der Waals surface area contributed by atoms with E-state index in [1.165, 1.54) is 6.92 Å². The normalized spacial score (nSPS) is 16.6. The number of nitrogens with one attached hydrogen (secondary N) is 1. The monoisotopic (exact) mass is 764 g/mol. The molecule has 0 spiro atoms. The Kier molecular flexibility index (Phi) is 17.2. The fraction of sp³-hybridized carbons (Fsp3) is 0.390. The molecular weight excluding hydrogens is 713 g/mol. The zero-order valence-corrected chi connectivity index (χ0v) is 31.6. The Balaban J connectivity index is 0.00000122. The van der Waals surface area contributed by atoms with E-state index in [1.54, 1.807) is 4.90 Å². The minimum atomic E-state index is -3.67. The lowest BCUT2D eigenvalue weighted by Gasteiger charge is -2.44. The average Bonchev–Trinajstić information content (AvgIpc) is 3.18. The molecule has 0 bridgehead atoms. The van der Waals surface area contributed by atoms with E-state index < -0.39 is 40.1 Å². The van der Waals surface area contributed by atoms with E-state index in [9.17, 15) is 23.4 Å². The second kappa shape index (κ2) is 21.8. The Morgan fingerprint density at radius 3 is 1.54 bits per heavy atom. The number of aliphatic hydroxyl groups is 2. The fourth-order valence-electron chi connectivity index (χ4n) is 5.86. The summed E-state index contributed by atoms with van der Waals surface area (Å²) in [6.07, 6.45) is -4.24. The quantitative estimate of drug-likeness (QED) is 0.108. The van der Waals surface area contributed by atoms with Crippen molar-refractivity contribution in [1.82, 2.24) is 10.2 Å². The maximum absolute atomic E-state index is 14.5. The van der Waals surface area contributed by atoms with E-state index >= 15 is 0 Å². The molecule has 0 aliphatic carbocycles. The molecular formula is C41H52N2O10S. The molecule has 1 saturated heterocycles. The second-order valence-electron chi connectivity index (χ2n) is 13.1. The molecule has 0 radical (unpaired) electrons. The summed E-state index contributed by atoms with van der Waals surface area (Å²) in [5, 5.41) is 27.2. The van der Waals surface area contributed by atoms with E-state index in [2.05, 4.69) is 5.32 Å². The van der Waals surface area contributed by atoms with Gasteiger partial charge in [-0.25, -0.2) is 0 Å². The molecule has 1 heterocycles. The number of piperazine rings is 1. The van der Waals surface area contributed by atoms with Gasteiger partial charge in [-0.2, -0.15) is 8.42 Å². The number of carbonyl (C=O) groups is 1. The first-order chi connectivity index (χ1) is 25.9. The lowest BCUT2D eigenvalue weighted by Crippen LogP contribution is -2.65. The van der Waals surface area contributed by atoms with Crippen LogP contribution in [0.5, 0.6) is 0 Å². The number of ether oxygens (including phenoxy) is 4. The Morgan fingerprint density at radius 1 is 0.722 bits per heavy atom. The average molecular weight is 765 g/mol. The number of nitrogens with zero attached hydrogens (tertiary/aromatic N) is 1. The summed E-state index contributed by atoms with van der Waals surface area (Å²) in [4.78, 5) is 16.3. The van der Waals surface area contributed by atoms with E-state index in [0.717, 1.165) is 22.3 Å². The maximum atomic E-state index is 14.5. The fourth-order valence-corrected chi connectivity index (χ4v) is 5.86. The van der Waals surface area contributed by atoms with E-state index in [4.69, 9.17) is 23.5 Å². The molecule has 5 atom stereocenters. The molecule has 292 valence electrons. The predicted octanol–water partition coefficient (Wildman–Crippen LogP) is 4.01. The second-order valence-corrected chi connectivity index (χ2v) is 14.6. The van der Waals surface area contributed by atoms with Crippen molar-refractivity contribution in [3.63, 3.8) is 0 Å². The number of amides is 1. The molecule has 4 aromatic carbocycles. The van der Waals surface area contributed by atoms with Gasteiger partial charge in [0, 0.05) is 26.2 Å². The van der Waals surface area contributed by atoms with Crippen LogP contribution in [-0.2, 0) is 60.3 Å². The number of aliphatic hydroxyl groups excluding tert-OH is 1. The first-order valence-electron chi connectivity index (χ1n) is 17.8. The SMILES string of the molecule is CS(=O)(=O)O.C[C@@H](O)C(O)(COCc1ccccc1)[C@@H](OCc1ccccc1)[C@H](OCc1ccccc1)[C@@H](OCc1ccccc1)C(=O)N1CCNCC1. The Morgan fingerprint density at radius 2 is 1.11 bits per heavy atom. The Bertz CT molecular complexity index is 1740. The third-order valence-corrected chi connectivity index (χ3v) is 8.76. The van der Waals surface area contributed by atoms with Crippen LogP contribution in [0.25, 0.3) is 0 Å². The van der Waals surface area contributed by atoms with Gasteiger partial charge in [0.2, 0.25) is 0 Å². The third kappa shape index (κ3) is 14.3. The highest BCUT2D eigenvalue weighted by molar-refractivity contribution is 7.85. The molecule has 1 fully saturated rings. The molecule has 1 aliphatic rings. The van der Waals surface area contributed by atoms with Crippen molar-refractivity contribution < 1.29 is 46.9 Å². The number of hydrogen-bond acceptors (Lipinski definition) is 10. The van der Waals surface area contributed by atoms with Crippen molar-refractivity contribution in [2.45, 2.75) is 63.4 Å². The lowest BCUT2D eigenvalue weighted by atomic mass is 9.85. The zero-order chi connectivity index (χ0) is 38.8. The summed E-state index contributed by atoms with van der Waals surface area (Å²) in [7, 11) is -3.67. The van der Waals surface area contributed by atoms with Crippen molar-refractivity contribution in [3.8, 4) is 0 Å². The molecule has 1 amide bonds. The van der Waals surface area contributed by atoms with Crippen molar-refractivity contribution >= 4 is 16.0 Å². The van der Waals surface area contributed by atoms with Crippen LogP contribution in [0, 0.1) is 0 Å². The highest BCUT2D eigenvalue weighted by Gasteiger charge is 2.52. The molecule has 0 aromatic heterocycles. The van der Waals surface area contributed by atoms with Crippen molar-refractivity contribution in [3.05, 3.63) is 144 Å². The number of rotatable bonds is 18. The van der Waals surface area contributed by atoms with Crippen LogP contribution >= 0.6 is 0 Å². The third-order valence-electron chi connectivity index (χ3n) is 8.76. The summed E-state index contributed by atoms with van der Waals surface area (Å²) < 4.78 is 51.7. The first-order valence-corrected chi connectivity index (χ1v) is 19.7. The number of carbonyl (C=O) groups excluding carboxylic acids is 1. The van der Waals surface area contributed by atoms with E-state index in [1.807, 2.05) is 121 Å². The van der Waals surface area contributed by atoms with Crippen LogP contribution in [0.15, 0.2) is 121 Å². The van der Waals surface area contributed by atoms with Gasteiger partial charge in [-0.1, -0.05) is 121 Å². The van der Waals surface area contributed by atoms with Crippen LogP contribution < -0.4 is 5.32 Å². The summed E-state index contributed by atoms with van der Waals surface area (Å²) in [6.45, 7) is 3.99. The van der Waals surface area contributed by atoms with Gasteiger partial charge in [-0.3, -0.25) is 9.35 Å². The standard InChI is InChI=1S/C40H48N2O7.CH4O3S/c1-31(43)40(45,30-46-26-32-14-6-2-7-15-32)38(49-29-35-20-12-5-13-21-35)36(47-27-33-16-8-3-9-17-33)37(39(44)42-24-22-41-23-25-42)48-28-34-18-10-4-11-19-34;1-5(2,3)4/h2-21,31,36-38,41,43,45H,22-30H2,1H3;1H3,(H,2,3,4)/t31-,36-,37-,38+,40?;/m1./s1. The van der Waals surface area contributed by atoms with Crippen LogP contribution in [0.4, 0.5) is 0 Å². The van der Waals surface area contributed by atoms with Gasteiger partial charge in [0.25, 0.3) is 16.0 Å². The molecule has 0 saturated carbocycles. The van der Waals surface area contributed by atoms with Gasteiger partial charge in [-0.05, 0) is 29.2 Å². The topological polar surface area (TPSA) is 164 Å². The molecule has 13 heteroatoms. The summed E-state index contributed by atoms with van der Waals surface area (Å²) in [5.74, 6) is -0.276. The largest absolute Gasteiger partial charge is 0.390 e. The maximum Gasteiger partial charge on any atom is 0.261 e. The van der Waals surface area contributed by atoms with Crippen molar-refractivity contribution in [2.24, 2.45) is 0 Å². The first kappa shape index (κ1) is 42.7. The number of benzene rings is 4. The highest BCUT2D eigenvalue weighted by atomic mass is 32.2. The van der Waals surface area contributed by atoms with Crippen LogP contribution in [-0.4, -0.2) is 103 Å². The Hall–Kier alpha value is -4.02. The molecule has 5 rings (SSSR count). The van der Waals surface area contributed by atoms with Crippen LogP contribution in [0.2, 0.25) is 0 Å². The van der Waals surface area contributed by atoms with E-state index in [-0.39, 0.29) is 38.9 Å². The molecule has 54 heavy (non-hydrogen) atoms. The molecule has 1 unspecified atom stereocenters. The van der Waals surface area contributed by atoms with Crippen LogP contribution in [0.3, 0.4) is 0 Å². The Labute approximate surface area is 318 Å². The van der Waals surface area contributed by atoms with Crippen LogP contribution in [0.1, 0.15) is 29.2 Å². The van der Waals surface area contributed by atoms with Crippen molar-refractivity contribution in [1.29, 1.82) is 0 Å². The van der Waals surface area contributed by atoms with Gasteiger partial charge in [0.05, 0.1) is 45.4 Å². The zero-order valence-electron chi connectivity index (χ0n) is 30.8. The minimum Gasteiger partial charge on any atom is -0.390 e. The summed E-state index contributed by atoms with van der Waals surface area (Å²) in [5.41, 5.74) is 1.49. The van der Waals surface area contributed by atoms with Gasteiger partial charge >= 0.3 is 0 Å². The lowest BCUT2D eigenvalue weighted by molar-refractivity contribution is -0.246. The van der Waals surface area contributed by atoms with Gasteiger partial charge in [0.15, 0.2) is 6.10 Å². The van der Waals surface area contributed by atoms with Gasteiger partial charge in [0.1, 0.15) is 17.8 Å². The predicted molar refractivity (Wildman–Crippen MR) is 205 cm³/mol. The van der Waals surface area contributed by atoms with Gasteiger partial charge in [-0.15, -0.1) is 0 Å². The van der Waals surface area contributed by atoms with Crippen molar-refractivity contribution in [2.75, 3.05) is 39.0 Å².